The number of carbonyl (C=O) groups is 1. The number of aromatic nitrogens is 4. The van der Waals surface area contributed by atoms with Crippen LogP contribution in [0.3, 0.4) is 0 Å². The van der Waals surface area contributed by atoms with Gasteiger partial charge in [-0.3, -0.25) is 9.59 Å². The fourth-order valence-corrected chi connectivity index (χ4v) is 2.47. The minimum absolute atomic E-state index is 0.0547. The van der Waals surface area contributed by atoms with Crippen LogP contribution in [0.4, 0.5) is 0 Å². The Kier molecular flexibility index (Phi) is 4.75. The molecular formula is C15H21N5O2. The lowest BCUT2D eigenvalue weighted by Crippen LogP contribution is -2.36. The lowest BCUT2D eigenvalue weighted by molar-refractivity contribution is -0.126. The van der Waals surface area contributed by atoms with E-state index in [9.17, 15) is 9.59 Å². The monoisotopic (exact) mass is 303 g/mol. The third kappa shape index (κ3) is 3.41. The van der Waals surface area contributed by atoms with E-state index in [2.05, 4.69) is 20.4 Å². The number of nitrogens with zero attached hydrogens (tertiary/aromatic N) is 3. The summed E-state index contributed by atoms with van der Waals surface area (Å²) in [5.74, 6) is -0.126. The number of hydrogen-bond acceptors (Lipinski definition) is 4. The van der Waals surface area contributed by atoms with E-state index in [0.29, 0.717) is 5.56 Å². The molecule has 0 saturated heterocycles. The smallest absolute Gasteiger partial charge is 0.253 e. The van der Waals surface area contributed by atoms with Crippen molar-refractivity contribution in [3.63, 3.8) is 0 Å². The zero-order valence-electron chi connectivity index (χ0n) is 13.3. The molecule has 0 aliphatic carbocycles. The van der Waals surface area contributed by atoms with Crippen molar-refractivity contribution >= 4 is 5.91 Å². The maximum atomic E-state index is 12.4. The SMILES string of the molecule is Cc1cc(C)c(CNC(=O)[C@@H](C(C)C)n2cncn2)c(=O)[nH]1. The van der Waals surface area contributed by atoms with Gasteiger partial charge in [0.2, 0.25) is 5.91 Å². The topological polar surface area (TPSA) is 92.7 Å². The average Bonchev–Trinajstić information content (AvgIpc) is 2.90. The number of H-pyrrole nitrogens is 1. The van der Waals surface area contributed by atoms with E-state index in [4.69, 9.17) is 0 Å². The van der Waals surface area contributed by atoms with E-state index in [1.54, 1.807) is 0 Å². The highest BCUT2D eigenvalue weighted by Gasteiger charge is 2.24. The zero-order valence-corrected chi connectivity index (χ0v) is 13.3. The second-order valence-corrected chi connectivity index (χ2v) is 5.73. The van der Waals surface area contributed by atoms with Crippen molar-refractivity contribution < 1.29 is 4.79 Å². The van der Waals surface area contributed by atoms with Crippen LogP contribution < -0.4 is 10.9 Å². The zero-order chi connectivity index (χ0) is 16.3. The molecule has 0 spiro atoms. The Balaban J connectivity index is 2.14. The quantitative estimate of drug-likeness (QED) is 0.865. The predicted octanol–water partition coefficient (Wildman–Crippen LogP) is 1.10. The standard InChI is InChI=1S/C15H21N5O2/c1-9(2)13(20-8-16-7-18-20)15(22)17-6-12-10(3)5-11(4)19-14(12)21/h5,7-9,13H,6H2,1-4H3,(H,17,22)(H,19,21)/t13-/m1/s1. The number of rotatable bonds is 5. The summed E-state index contributed by atoms with van der Waals surface area (Å²) in [5, 5.41) is 6.86. The maximum absolute atomic E-state index is 12.4. The molecule has 0 unspecified atom stereocenters. The van der Waals surface area contributed by atoms with E-state index >= 15 is 0 Å². The molecule has 2 heterocycles. The van der Waals surface area contributed by atoms with Gasteiger partial charge < -0.3 is 10.3 Å². The highest BCUT2D eigenvalue weighted by molar-refractivity contribution is 5.80. The number of hydrogen-bond donors (Lipinski definition) is 2. The summed E-state index contributed by atoms with van der Waals surface area (Å²) in [6, 6.07) is 1.44. The van der Waals surface area contributed by atoms with Gasteiger partial charge in [-0.2, -0.15) is 5.10 Å². The van der Waals surface area contributed by atoms with Gasteiger partial charge in [-0.05, 0) is 31.4 Å². The molecule has 0 aliphatic rings. The molecule has 0 aromatic carbocycles. The Hall–Kier alpha value is -2.44. The van der Waals surface area contributed by atoms with Crippen LogP contribution in [0.1, 0.15) is 36.7 Å². The van der Waals surface area contributed by atoms with Gasteiger partial charge in [0, 0.05) is 17.8 Å². The summed E-state index contributed by atoms with van der Waals surface area (Å²) in [5.41, 5.74) is 2.07. The minimum Gasteiger partial charge on any atom is -0.350 e. The van der Waals surface area contributed by atoms with Crippen LogP contribution in [-0.2, 0) is 11.3 Å². The second kappa shape index (κ2) is 6.55. The molecule has 1 amide bonds. The Morgan fingerprint density at radius 2 is 2.14 bits per heavy atom. The van der Waals surface area contributed by atoms with Crippen LogP contribution in [0.5, 0.6) is 0 Å². The molecule has 118 valence electrons. The lowest BCUT2D eigenvalue weighted by atomic mass is 10.0. The normalized spacial score (nSPS) is 12.4. The molecular weight excluding hydrogens is 282 g/mol. The van der Waals surface area contributed by atoms with Crippen molar-refractivity contribution in [1.82, 2.24) is 25.1 Å². The summed E-state index contributed by atoms with van der Waals surface area (Å²) in [7, 11) is 0. The molecule has 7 nitrogen and oxygen atoms in total. The molecule has 0 radical (unpaired) electrons. The maximum Gasteiger partial charge on any atom is 0.253 e. The fourth-order valence-electron chi connectivity index (χ4n) is 2.47. The molecule has 0 bridgehead atoms. The summed E-state index contributed by atoms with van der Waals surface area (Å²) in [6.07, 6.45) is 2.92. The van der Waals surface area contributed by atoms with Crippen LogP contribution in [0.25, 0.3) is 0 Å². The number of nitrogens with one attached hydrogen (secondary N) is 2. The minimum atomic E-state index is -0.452. The van der Waals surface area contributed by atoms with E-state index < -0.39 is 6.04 Å². The Morgan fingerprint density at radius 1 is 1.41 bits per heavy atom. The molecule has 0 saturated carbocycles. The van der Waals surface area contributed by atoms with Gasteiger partial charge in [0.15, 0.2) is 0 Å². The third-order valence-corrected chi connectivity index (χ3v) is 3.55. The lowest BCUT2D eigenvalue weighted by Gasteiger charge is -2.20. The van der Waals surface area contributed by atoms with Gasteiger partial charge in [0.1, 0.15) is 18.7 Å². The van der Waals surface area contributed by atoms with Gasteiger partial charge in [-0.1, -0.05) is 13.8 Å². The Labute approximate surface area is 128 Å². The van der Waals surface area contributed by atoms with Gasteiger partial charge in [-0.25, -0.2) is 9.67 Å². The number of amides is 1. The highest BCUT2D eigenvalue weighted by atomic mass is 16.2. The summed E-state index contributed by atoms with van der Waals surface area (Å²) in [4.78, 5) is 31.0. The number of pyridine rings is 1. The van der Waals surface area contributed by atoms with E-state index in [1.807, 2.05) is 33.8 Å². The first-order valence-electron chi connectivity index (χ1n) is 7.21. The largest absolute Gasteiger partial charge is 0.350 e. The molecule has 7 heteroatoms. The molecule has 1 atom stereocenters. The first-order valence-corrected chi connectivity index (χ1v) is 7.21. The number of aryl methyl sites for hydroxylation is 2. The van der Waals surface area contributed by atoms with Crippen LogP contribution >= 0.6 is 0 Å². The van der Waals surface area contributed by atoms with E-state index in [-0.39, 0.29) is 23.9 Å². The average molecular weight is 303 g/mol. The van der Waals surface area contributed by atoms with Crippen LogP contribution in [-0.4, -0.2) is 25.7 Å². The van der Waals surface area contributed by atoms with Crippen molar-refractivity contribution in [2.45, 2.75) is 40.3 Å². The molecule has 2 rings (SSSR count). The second-order valence-electron chi connectivity index (χ2n) is 5.73. The fraction of sp³-hybridized carbons (Fsp3) is 0.467. The highest BCUT2D eigenvalue weighted by Crippen LogP contribution is 2.16. The van der Waals surface area contributed by atoms with Crippen LogP contribution in [0, 0.1) is 19.8 Å². The molecule has 2 N–H and O–H groups in total. The summed E-state index contributed by atoms with van der Waals surface area (Å²) < 4.78 is 1.53. The van der Waals surface area contributed by atoms with Crippen molar-refractivity contribution in [2.75, 3.05) is 0 Å². The van der Waals surface area contributed by atoms with Crippen LogP contribution in [0.15, 0.2) is 23.5 Å². The molecule has 22 heavy (non-hydrogen) atoms. The predicted molar refractivity (Wildman–Crippen MR) is 82.3 cm³/mol. The van der Waals surface area contributed by atoms with Gasteiger partial charge in [0.05, 0.1) is 0 Å². The van der Waals surface area contributed by atoms with Crippen molar-refractivity contribution in [2.24, 2.45) is 5.92 Å². The van der Waals surface area contributed by atoms with Crippen LogP contribution in [0.2, 0.25) is 0 Å². The number of aromatic amines is 1. The first-order chi connectivity index (χ1) is 10.4. The first kappa shape index (κ1) is 15.9. The summed E-state index contributed by atoms with van der Waals surface area (Å²) >= 11 is 0. The molecule has 2 aromatic heterocycles. The van der Waals surface area contributed by atoms with Gasteiger partial charge in [-0.15, -0.1) is 0 Å². The number of carbonyl (C=O) groups excluding carboxylic acids is 1. The molecule has 0 aliphatic heterocycles. The van der Waals surface area contributed by atoms with Crippen molar-refractivity contribution in [3.8, 4) is 0 Å². The van der Waals surface area contributed by atoms with E-state index in [1.165, 1.54) is 17.3 Å². The van der Waals surface area contributed by atoms with Crippen molar-refractivity contribution in [3.05, 3.63) is 45.9 Å². The molecule has 0 fully saturated rings. The van der Waals surface area contributed by atoms with Crippen molar-refractivity contribution in [1.29, 1.82) is 0 Å². The summed E-state index contributed by atoms with van der Waals surface area (Å²) in [6.45, 7) is 7.77. The van der Waals surface area contributed by atoms with Gasteiger partial charge in [0.25, 0.3) is 5.56 Å². The third-order valence-electron chi connectivity index (χ3n) is 3.55. The Bertz CT molecular complexity index is 703. The Morgan fingerprint density at radius 3 is 2.68 bits per heavy atom. The molecule has 2 aromatic rings. The van der Waals surface area contributed by atoms with E-state index in [0.717, 1.165) is 11.3 Å². The van der Waals surface area contributed by atoms with Gasteiger partial charge >= 0.3 is 0 Å².